The SMILES string of the molecule is O=C(NC(CCO)c1ccc(Cl)c(Cl)c1)C1SCCN1S(=O)(=O)c1ccc(-c2ccccc2)cc1. The number of benzene rings is 3. The first-order valence-corrected chi connectivity index (χ1v) is 14.2. The van der Waals surface area contributed by atoms with Crippen molar-refractivity contribution < 1.29 is 18.3 Å². The van der Waals surface area contributed by atoms with E-state index in [1.165, 1.54) is 16.1 Å². The Hall–Kier alpha value is -2.07. The van der Waals surface area contributed by atoms with Gasteiger partial charge in [-0.05, 0) is 47.4 Å². The van der Waals surface area contributed by atoms with Gasteiger partial charge in [-0.2, -0.15) is 4.31 Å². The van der Waals surface area contributed by atoms with Crippen molar-refractivity contribution in [3.8, 4) is 11.1 Å². The Balaban J connectivity index is 1.53. The Kier molecular flexibility index (Phi) is 8.42. The number of rotatable bonds is 8. The van der Waals surface area contributed by atoms with Crippen LogP contribution >= 0.6 is 35.0 Å². The molecular formula is C25H24Cl2N2O4S2. The zero-order valence-electron chi connectivity index (χ0n) is 18.6. The number of aliphatic hydroxyl groups excluding tert-OH is 1. The van der Waals surface area contributed by atoms with Crippen LogP contribution in [0.1, 0.15) is 18.0 Å². The van der Waals surface area contributed by atoms with E-state index in [0.717, 1.165) is 11.1 Å². The summed E-state index contributed by atoms with van der Waals surface area (Å²) in [6, 6.07) is 20.8. The Morgan fingerprint density at radius 1 is 1.03 bits per heavy atom. The van der Waals surface area contributed by atoms with Gasteiger partial charge in [0.25, 0.3) is 0 Å². The van der Waals surface area contributed by atoms with E-state index in [2.05, 4.69) is 5.32 Å². The Labute approximate surface area is 219 Å². The van der Waals surface area contributed by atoms with Crippen molar-refractivity contribution in [3.63, 3.8) is 0 Å². The fourth-order valence-corrected chi connectivity index (χ4v) is 7.31. The second-order valence-corrected chi connectivity index (χ2v) is 11.9. The van der Waals surface area contributed by atoms with Crippen LogP contribution in [0.5, 0.6) is 0 Å². The van der Waals surface area contributed by atoms with E-state index in [0.29, 0.717) is 21.4 Å². The summed E-state index contributed by atoms with van der Waals surface area (Å²) in [7, 11) is -3.89. The van der Waals surface area contributed by atoms with Crippen LogP contribution in [0.2, 0.25) is 10.0 Å². The monoisotopic (exact) mass is 550 g/mol. The topological polar surface area (TPSA) is 86.7 Å². The van der Waals surface area contributed by atoms with Crippen molar-refractivity contribution in [2.24, 2.45) is 0 Å². The molecule has 1 saturated heterocycles. The number of aliphatic hydroxyl groups is 1. The first kappa shape index (κ1) is 26.0. The lowest BCUT2D eigenvalue weighted by atomic mass is 10.0. The summed E-state index contributed by atoms with van der Waals surface area (Å²) in [5.74, 6) is 0.0538. The number of hydrogen-bond acceptors (Lipinski definition) is 5. The minimum atomic E-state index is -3.89. The summed E-state index contributed by atoms with van der Waals surface area (Å²) < 4.78 is 28.1. The number of sulfonamides is 1. The van der Waals surface area contributed by atoms with Gasteiger partial charge in [0, 0.05) is 18.9 Å². The summed E-state index contributed by atoms with van der Waals surface area (Å²) in [6.45, 7) is 0.0573. The van der Waals surface area contributed by atoms with Crippen molar-refractivity contribution in [1.29, 1.82) is 0 Å². The zero-order valence-corrected chi connectivity index (χ0v) is 21.7. The van der Waals surface area contributed by atoms with Gasteiger partial charge in [-0.3, -0.25) is 4.79 Å². The molecule has 0 bridgehead atoms. The van der Waals surface area contributed by atoms with Gasteiger partial charge in [0.15, 0.2) is 0 Å². The van der Waals surface area contributed by atoms with Crippen LogP contribution in [0.25, 0.3) is 11.1 Å². The summed E-state index contributed by atoms with van der Waals surface area (Å²) in [5.41, 5.74) is 2.57. The molecule has 3 aromatic rings. The number of halogens is 2. The molecule has 1 aliphatic rings. The van der Waals surface area contributed by atoms with Gasteiger partial charge in [-0.15, -0.1) is 11.8 Å². The van der Waals surface area contributed by atoms with Gasteiger partial charge in [0.05, 0.1) is 21.0 Å². The highest BCUT2D eigenvalue weighted by atomic mass is 35.5. The number of hydrogen-bond donors (Lipinski definition) is 2. The van der Waals surface area contributed by atoms with Crippen LogP contribution < -0.4 is 5.32 Å². The third-order valence-corrected chi connectivity index (χ3v) is 9.68. The fraction of sp³-hybridized carbons (Fsp3) is 0.240. The second kappa shape index (κ2) is 11.3. The van der Waals surface area contributed by atoms with E-state index < -0.39 is 27.3 Å². The molecule has 0 saturated carbocycles. The average molecular weight is 552 g/mol. The largest absolute Gasteiger partial charge is 0.396 e. The lowest BCUT2D eigenvalue weighted by Crippen LogP contribution is -2.45. The molecule has 1 heterocycles. The molecular weight excluding hydrogens is 527 g/mol. The van der Waals surface area contributed by atoms with Crippen molar-refractivity contribution in [3.05, 3.63) is 88.4 Å². The smallest absolute Gasteiger partial charge is 0.249 e. The van der Waals surface area contributed by atoms with Crippen LogP contribution in [-0.2, 0) is 14.8 Å². The first-order chi connectivity index (χ1) is 16.8. The maximum absolute atomic E-state index is 13.4. The molecule has 35 heavy (non-hydrogen) atoms. The predicted octanol–water partition coefficient (Wildman–Crippen LogP) is 4.96. The highest BCUT2D eigenvalue weighted by molar-refractivity contribution is 8.02. The highest BCUT2D eigenvalue weighted by Gasteiger charge is 2.40. The minimum Gasteiger partial charge on any atom is -0.396 e. The first-order valence-electron chi connectivity index (χ1n) is 11.0. The van der Waals surface area contributed by atoms with E-state index in [1.807, 2.05) is 30.3 Å². The molecule has 184 valence electrons. The third kappa shape index (κ3) is 5.85. The molecule has 2 N–H and O–H groups in total. The molecule has 1 aliphatic heterocycles. The summed E-state index contributed by atoms with van der Waals surface area (Å²) >= 11 is 13.4. The molecule has 0 radical (unpaired) electrons. The van der Waals surface area contributed by atoms with Crippen LogP contribution in [-0.4, -0.2) is 48.0 Å². The zero-order chi connectivity index (χ0) is 25.0. The summed E-state index contributed by atoms with van der Waals surface area (Å²) in [4.78, 5) is 13.3. The molecule has 3 aromatic carbocycles. The molecule has 1 fully saturated rings. The number of carbonyl (C=O) groups is 1. The quantitative estimate of drug-likeness (QED) is 0.413. The summed E-state index contributed by atoms with van der Waals surface area (Å²) in [6.07, 6.45) is 0.245. The number of nitrogens with one attached hydrogen (secondary N) is 1. The van der Waals surface area contributed by atoms with E-state index in [4.69, 9.17) is 23.2 Å². The van der Waals surface area contributed by atoms with E-state index in [-0.39, 0.29) is 24.5 Å². The number of nitrogens with zero attached hydrogens (tertiary/aromatic N) is 1. The van der Waals surface area contributed by atoms with Crippen molar-refractivity contribution in [2.75, 3.05) is 18.9 Å². The standard InChI is InChI=1S/C25H24Cl2N2O4S2/c26-21-11-8-19(16-22(21)27)23(12-14-30)28-24(31)25-29(13-15-34-25)35(32,33)20-9-6-18(7-10-20)17-4-2-1-3-5-17/h1-11,16,23,25,30H,12-15H2,(H,28,31). The lowest BCUT2D eigenvalue weighted by molar-refractivity contribution is -0.123. The molecule has 2 atom stereocenters. The average Bonchev–Trinajstić information content (AvgIpc) is 3.37. The van der Waals surface area contributed by atoms with E-state index >= 15 is 0 Å². The van der Waals surface area contributed by atoms with Crippen LogP contribution in [0.15, 0.2) is 77.7 Å². The lowest BCUT2D eigenvalue weighted by Gasteiger charge is -2.26. The Morgan fingerprint density at radius 3 is 2.37 bits per heavy atom. The van der Waals surface area contributed by atoms with Gasteiger partial charge in [-0.25, -0.2) is 8.42 Å². The van der Waals surface area contributed by atoms with E-state index in [1.54, 1.807) is 42.5 Å². The highest BCUT2D eigenvalue weighted by Crippen LogP contribution is 2.33. The molecule has 10 heteroatoms. The number of carbonyl (C=O) groups excluding carboxylic acids is 1. The van der Waals surface area contributed by atoms with Gasteiger partial charge < -0.3 is 10.4 Å². The molecule has 4 rings (SSSR count). The van der Waals surface area contributed by atoms with Gasteiger partial charge in [-0.1, -0.05) is 71.7 Å². The maximum atomic E-state index is 13.4. The molecule has 0 spiro atoms. The molecule has 0 aromatic heterocycles. The van der Waals surface area contributed by atoms with Gasteiger partial charge in [0.2, 0.25) is 15.9 Å². The minimum absolute atomic E-state index is 0.133. The molecule has 2 unspecified atom stereocenters. The second-order valence-electron chi connectivity index (χ2n) is 7.98. The Bertz CT molecular complexity index is 1290. The van der Waals surface area contributed by atoms with Crippen molar-refractivity contribution >= 4 is 50.9 Å². The van der Waals surface area contributed by atoms with Crippen LogP contribution in [0, 0.1) is 0 Å². The molecule has 6 nitrogen and oxygen atoms in total. The number of thioether (sulfide) groups is 1. The number of amides is 1. The Morgan fingerprint density at radius 2 is 1.71 bits per heavy atom. The molecule has 0 aliphatic carbocycles. The van der Waals surface area contributed by atoms with Crippen molar-refractivity contribution in [2.45, 2.75) is 22.7 Å². The van der Waals surface area contributed by atoms with Crippen LogP contribution in [0.3, 0.4) is 0 Å². The van der Waals surface area contributed by atoms with E-state index in [9.17, 15) is 18.3 Å². The van der Waals surface area contributed by atoms with Crippen LogP contribution in [0.4, 0.5) is 0 Å². The third-order valence-electron chi connectivity index (χ3n) is 5.72. The summed E-state index contributed by atoms with van der Waals surface area (Å²) in [5, 5.41) is 12.2. The fourth-order valence-electron chi connectivity index (χ4n) is 3.92. The predicted molar refractivity (Wildman–Crippen MR) is 141 cm³/mol. The van der Waals surface area contributed by atoms with Crippen molar-refractivity contribution in [1.82, 2.24) is 9.62 Å². The normalized spacial score (nSPS) is 17.3. The van der Waals surface area contributed by atoms with Gasteiger partial charge >= 0.3 is 0 Å². The van der Waals surface area contributed by atoms with Gasteiger partial charge in [0.1, 0.15) is 5.37 Å². The molecule has 1 amide bonds. The maximum Gasteiger partial charge on any atom is 0.249 e.